The maximum absolute atomic E-state index is 5.20. The predicted molar refractivity (Wildman–Crippen MR) is 231 cm³/mol. The largest absolute Gasteiger partial charge is 0.364 e. The first-order valence-electron chi connectivity index (χ1n) is 19.2. The summed E-state index contributed by atoms with van der Waals surface area (Å²) in [5.74, 6) is 2.28. The summed E-state index contributed by atoms with van der Waals surface area (Å²) in [4.78, 5) is 20.0. The maximum atomic E-state index is 5.20. The van der Waals surface area contributed by atoms with Gasteiger partial charge in [-0.15, -0.1) is 0 Å². The minimum Gasteiger partial charge on any atom is -0.364 e. The maximum Gasteiger partial charge on any atom is 0.164 e. The van der Waals surface area contributed by atoms with E-state index in [1.54, 1.807) is 0 Å². The summed E-state index contributed by atoms with van der Waals surface area (Å²) in [6.45, 7) is 4.36. The lowest BCUT2D eigenvalue weighted by molar-refractivity contribution is 0.623. The number of rotatable bonds is 8. The Labute approximate surface area is 328 Å². The molecule has 0 spiro atoms. The summed E-state index contributed by atoms with van der Waals surface area (Å²) in [7, 11) is 0. The first kappa shape index (κ1) is 34.8. The molecule has 0 amide bonds. The predicted octanol–water partition coefficient (Wildman–Crippen LogP) is 12.3. The van der Waals surface area contributed by atoms with Crippen molar-refractivity contribution in [3.8, 4) is 56.4 Å². The zero-order valence-corrected chi connectivity index (χ0v) is 31.5. The number of nitrogens with one attached hydrogen (secondary N) is 1. The van der Waals surface area contributed by atoms with E-state index in [-0.39, 0.29) is 6.17 Å². The molecule has 9 rings (SSSR count). The number of nitrogens with zero attached hydrogens (tertiary/aromatic N) is 4. The van der Waals surface area contributed by atoms with Gasteiger partial charge in [0.2, 0.25) is 0 Å². The van der Waals surface area contributed by atoms with Gasteiger partial charge < -0.3 is 5.32 Å². The second kappa shape index (κ2) is 15.4. The summed E-state index contributed by atoms with van der Waals surface area (Å²) < 4.78 is 0. The van der Waals surface area contributed by atoms with Gasteiger partial charge in [-0.25, -0.2) is 15.0 Å². The first-order chi connectivity index (χ1) is 27.5. The number of hydrogen-bond donors (Lipinski definition) is 1. The second-order valence-electron chi connectivity index (χ2n) is 14.5. The van der Waals surface area contributed by atoms with Crippen LogP contribution in [-0.2, 0) is 0 Å². The van der Waals surface area contributed by atoms with E-state index in [0.717, 1.165) is 51.1 Å². The van der Waals surface area contributed by atoms with E-state index in [9.17, 15) is 0 Å². The van der Waals surface area contributed by atoms with Crippen molar-refractivity contribution in [1.82, 2.24) is 20.3 Å². The van der Waals surface area contributed by atoms with Crippen molar-refractivity contribution < 1.29 is 0 Å². The smallest absolute Gasteiger partial charge is 0.164 e. The molecular formula is C51H41N5. The highest BCUT2D eigenvalue weighted by molar-refractivity contribution is 5.90. The molecular weight excluding hydrogens is 683 g/mol. The van der Waals surface area contributed by atoms with Gasteiger partial charge in [-0.05, 0) is 99.7 Å². The Morgan fingerprint density at radius 2 is 1.02 bits per heavy atom. The molecule has 0 saturated carbocycles. The monoisotopic (exact) mass is 723 g/mol. The van der Waals surface area contributed by atoms with E-state index >= 15 is 0 Å². The Kier molecular flexibility index (Phi) is 9.56. The van der Waals surface area contributed by atoms with Gasteiger partial charge in [-0.1, -0.05) is 153 Å². The van der Waals surface area contributed by atoms with Gasteiger partial charge in [0.1, 0.15) is 6.17 Å². The summed E-state index contributed by atoms with van der Waals surface area (Å²) in [6, 6.07) is 55.4. The molecule has 1 N–H and O–H groups in total. The van der Waals surface area contributed by atoms with Crippen LogP contribution in [0.5, 0.6) is 0 Å². The fourth-order valence-corrected chi connectivity index (χ4v) is 7.47. The Morgan fingerprint density at radius 1 is 0.500 bits per heavy atom. The van der Waals surface area contributed by atoms with Crippen molar-refractivity contribution in [2.45, 2.75) is 26.4 Å². The van der Waals surface area contributed by atoms with E-state index in [1.807, 2.05) is 37.4 Å². The van der Waals surface area contributed by atoms with Crippen LogP contribution in [0.1, 0.15) is 43.1 Å². The number of hydrogen-bond acceptors (Lipinski definition) is 5. The van der Waals surface area contributed by atoms with Crippen molar-refractivity contribution in [3.05, 3.63) is 198 Å². The number of aliphatic imine (C=N–C) groups is 1. The van der Waals surface area contributed by atoms with Gasteiger partial charge in [-0.2, -0.15) is 0 Å². The van der Waals surface area contributed by atoms with Crippen LogP contribution in [-0.4, -0.2) is 21.2 Å². The van der Waals surface area contributed by atoms with E-state index in [4.69, 9.17) is 15.0 Å². The first-order valence-corrected chi connectivity index (χ1v) is 19.2. The summed E-state index contributed by atoms with van der Waals surface area (Å²) in [5, 5.41) is 3.44. The molecule has 5 nitrogen and oxygen atoms in total. The Balaban J connectivity index is 1.19. The molecule has 1 aliphatic heterocycles. The highest BCUT2D eigenvalue weighted by Crippen LogP contribution is 2.39. The molecule has 2 aliphatic rings. The normalized spacial score (nSPS) is 16.4. The molecule has 56 heavy (non-hydrogen) atoms. The minimum atomic E-state index is -0.127. The summed E-state index contributed by atoms with van der Waals surface area (Å²) in [5.41, 5.74) is 14.4. The second-order valence-corrected chi connectivity index (χ2v) is 14.5. The van der Waals surface area contributed by atoms with Crippen LogP contribution in [0.3, 0.4) is 0 Å². The summed E-state index contributed by atoms with van der Waals surface area (Å²) in [6.07, 6.45) is 9.41. The molecule has 7 aromatic rings. The lowest BCUT2D eigenvalue weighted by Crippen LogP contribution is -2.20. The van der Waals surface area contributed by atoms with Gasteiger partial charge in [-0.3, -0.25) is 4.99 Å². The minimum absolute atomic E-state index is 0.127. The molecule has 2 heterocycles. The molecule has 1 aromatic heterocycles. The SMILES string of the molecule is CC1=CC=NC(c2ccc(-c3nc(-c4ccccc4)nc(-c4cc(C5=CCC(C)C(c6ccccc6)=C5)cc(-c5cccc(-c6ccccc6)c5)c4)n3)cc2)N1. The van der Waals surface area contributed by atoms with Gasteiger partial charge in [0.15, 0.2) is 17.5 Å². The molecule has 6 aromatic carbocycles. The zero-order valence-electron chi connectivity index (χ0n) is 31.5. The molecule has 1 aliphatic carbocycles. The van der Waals surface area contributed by atoms with Crippen molar-refractivity contribution in [2.24, 2.45) is 10.9 Å². The van der Waals surface area contributed by atoms with Crippen molar-refractivity contribution in [1.29, 1.82) is 0 Å². The Bertz CT molecular complexity index is 2640. The van der Waals surface area contributed by atoms with E-state index in [1.165, 1.54) is 27.8 Å². The topological polar surface area (TPSA) is 63.1 Å². The van der Waals surface area contributed by atoms with E-state index in [2.05, 4.69) is 169 Å². The quantitative estimate of drug-likeness (QED) is 0.170. The fourth-order valence-electron chi connectivity index (χ4n) is 7.47. The van der Waals surface area contributed by atoms with Gasteiger partial charge in [0.25, 0.3) is 0 Å². The zero-order chi connectivity index (χ0) is 37.8. The molecule has 0 saturated heterocycles. The van der Waals surface area contributed by atoms with Crippen LogP contribution in [0.4, 0.5) is 0 Å². The molecule has 270 valence electrons. The molecule has 0 radical (unpaired) electrons. The van der Waals surface area contributed by atoms with Crippen molar-refractivity contribution >= 4 is 17.4 Å². The number of benzene rings is 6. The van der Waals surface area contributed by atoms with Gasteiger partial charge in [0.05, 0.1) is 0 Å². The van der Waals surface area contributed by atoms with Crippen LogP contribution in [0, 0.1) is 5.92 Å². The molecule has 2 unspecified atom stereocenters. The number of allylic oxidation sites excluding steroid dienone is 6. The fraction of sp³-hybridized carbons (Fsp3) is 0.0980. The van der Waals surface area contributed by atoms with Crippen LogP contribution >= 0.6 is 0 Å². The van der Waals surface area contributed by atoms with Crippen molar-refractivity contribution in [3.63, 3.8) is 0 Å². The van der Waals surface area contributed by atoms with Gasteiger partial charge >= 0.3 is 0 Å². The highest BCUT2D eigenvalue weighted by Gasteiger charge is 2.20. The molecule has 5 heteroatoms. The molecule has 0 bridgehead atoms. The van der Waals surface area contributed by atoms with Gasteiger partial charge in [0, 0.05) is 28.6 Å². The van der Waals surface area contributed by atoms with Crippen LogP contribution in [0.2, 0.25) is 0 Å². The highest BCUT2D eigenvalue weighted by atomic mass is 15.1. The van der Waals surface area contributed by atoms with Crippen LogP contribution < -0.4 is 5.32 Å². The molecule has 0 fully saturated rings. The molecule has 2 atom stereocenters. The third kappa shape index (κ3) is 7.40. The lowest BCUT2D eigenvalue weighted by Gasteiger charge is -2.22. The average Bonchev–Trinajstić information content (AvgIpc) is 3.27. The van der Waals surface area contributed by atoms with E-state index in [0.29, 0.717) is 23.4 Å². The van der Waals surface area contributed by atoms with Crippen molar-refractivity contribution in [2.75, 3.05) is 0 Å². The average molecular weight is 724 g/mol. The number of aromatic nitrogens is 3. The lowest BCUT2D eigenvalue weighted by atomic mass is 9.83. The Hall–Kier alpha value is -6.98. The standard InChI is InChI=1S/C51H41N5/c1-34-21-22-43(33-47(34)37-15-8-4-9-16-37)45-30-44(42-20-12-19-41(29-42)36-13-6-3-7-14-36)31-46(32-45)51-55-49(38-17-10-5-11-18-38)54-50(56-51)40-25-23-39(24-26-40)48-52-28-27-35(2)53-48/h3-20,22-34,48,53H,21H2,1-2H3. The van der Waals surface area contributed by atoms with Crippen LogP contribution in [0.25, 0.3) is 67.6 Å². The Morgan fingerprint density at radius 3 is 1.68 bits per heavy atom. The van der Waals surface area contributed by atoms with Crippen LogP contribution in [0.15, 0.2) is 187 Å². The van der Waals surface area contributed by atoms with E-state index < -0.39 is 0 Å². The third-order valence-electron chi connectivity index (χ3n) is 10.5. The summed E-state index contributed by atoms with van der Waals surface area (Å²) >= 11 is 0. The third-order valence-corrected chi connectivity index (χ3v) is 10.5.